The van der Waals surface area contributed by atoms with Crippen molar-refractivity contribution < 1.29 is 13.2 Å². The van der Waals surface area contributed by atoms with Crippen molar-refractivity contribution in [3.63, 3.8) is 0 Å². The van der Waals surface area contributed by atoms with E-state index in [1.807, 2.05) is 6.92 Å². The number of nitrogens with zero attached hydrogens (tertiary/aromatic N) is 4. The van der Waals surface area contributed by atoms with Crippen LogP contribution in [0.3, 0.4) is 0 Å². The van der Waals surface area contributed by atoms with Crippen LogP contribution in [0.15, 0.2) is 67.4 Å². The normalized spacial score (nSPS) is 11.7. The van der Waals surface area contributed by atoms with Gasteiger partial charge in [0.1, 0.15) is 5.75 Å². The lowest BCUT2D eigenvalue weighted by atomic mass is 10.2. The third-order valence-corrected chi connectivity index (χ3v) is 4.46. The van der Waals surface area contributed by atoms with Crippen LogP contribution in [-0.2, 0) is 10.0 Å². The van der Waals surface area contributed by atoms with Crippen LogP contribution in [0, 0.1) is 6.92 Å². The minimum Gasteiger partial charge on any atom is -0.437 e. The first-order valence-electron chi connectivity index (χ1n) is 6.31. The topological polar surface area (TPSA) is 104 Å². The second kappa shape index (κ2) is 7.28. The van der Waals surface area contributed by atoms with E-state index in [9.17, 15) is 8.42 Å². The Morgan fingerprint density at radius 1 is 1.13 bits per heavy atom. The van der Waals surface area contributed by atoms with Gasteiger partial charge in [-0.3, -0.25) is 0 Å². The van der Waals surface area contributed by atoms with E-state index in [1.165, 1.54) is 12.1 Å². The van der Waals surface area contributed by atoms with Crippen LogP contribution in [0.25, 0.3) is 10.4 Å². The zero-order valence-electron chi connectivity index (χ0n) is 11.9. The highest BCUT2D eigenvalue weighted by Gasteiger charge is 2.15. The predicted molar refractivity (Wildman–Crippen MR) is 89.7 cm³/mol. The maximum Gasteiger partial charge on any atom is 0.295 e. The van der Waals surface area contributed by atoms with E-state index < -0.39 is 16.0 Å². The molecule has 0 aliphatic heterocycles. The Hall–Kier alpha value is -2.35. The van der Waals surface area contributed by atoms with Crippen molar-refractivity contribution in [2.24, 2.45) is 9.51 Å². The summed E-state index contributed by atoms with van der Waals surface area (Å²) in [6, 6.07) is 12.1. The van der Waals surface area contributed by atoms with Crippen molar-refractivity contribution in [1.82, 2.24) is 0 Å². The van der Waals surface area contributed by atoms with E-state index in [1.54, 1.807) is 36.4 Å². The number of azide groups is 1. The van der Waals surface area contributed by atoms with Crippen molar-refractivity contribution in [3.05, 3.63) is 69.0 Å². The van der Waals surface area contributed by atoms with E-state index in [0.29, 0.717) is 5.75 Å². The third-order valence-electron chi connectivity index (χ3n) is 2.67. The van der Waals surface area contributed by atoms with Gasteiger partial charge in [-0.25, -0.2) is 0 Å². The molecule has 2 aromatic carbocycles. The first-order chi connectivity index (χ1) is 10.9. The molecule has 0 atom stereocenters. The van der Waals surface area contributed by atoms with E-state index in [-0.39, 0.29) is 4.90 Å². The largest absolute Gasteiger partial charge is 0.437 e. The molecule has 7 nitrogen and oxygen atoms in total. The molecule has 0 aromatic heterocycles. The van der Waals surface area contributed by atoms with Crippen LogP contribution < -0.4 is 4.74 Å². The third kappa shape index (κ3) is 4.82. The van der Waals surface area contributed by atoms with Crippen molar-refractivity contribution in [3.8, 4) is 5.75 Å². The Balaban J connectivity index is 2.35. The molecular formula is C14H11BrN4O3S. The Labute approximate surface area is 141 Å². The molecule has 0 amide bonds. The summed E-state index contributed by atoms with van der Waals surface area (Å²) in [4.78, 5) is 2.50. The molecule has 2 rings (SSSR count). The van der Waals surface area contributed by atoms with Gasteiger partial charge < -0.3 is 4.74 Å². The summed E-state index contributed by atoms with van der Waals surface area (Å²) < 4.78 is 33.8. The highest BCUT2D eigenvalue weighted by molar-refractivity contribution is 9.10. The van der Waals surface area contributed by atoms with Gasteiger partial charge in [0.05, 0.1) is 4.90 Å². The smallest absolute Gasteiger partial charge is 0.295 e. The summed E-state index contributed by atoms with van der Waals surface area (Å²) in [5.74, 6) is 0.313. The van der Waals surface area contributed by atoms with Gasteiger partial charge in [-0.05, 0) is 54.0 Å². The average molecular weight is 395 g/mol. The monoisotopic (exact) mass is 394 g/mol. The Kier molecular flexibility index (Phi) is 5.38. The van der Waals surface area contributed by atoms with Crippen molar-refractivity contribution >= 4 is 32.0 Å². The molecule has 0 spiro atoms. The van der Waals surface area contributed by atoms with E-state index in [4.69, 9.17) is 10.3 Å². The lowest BCUT2D eigenvalue weighted by Crippen LogP contribution is -2.09. The van der Waals surface area contributed by atoms with Crippen molar-refractivity contribution in [2.45, 2.75) is 11.8 Å². The number of ether oxygens (including phenoxy) is 1. The fraction of sp³-hybridized carbons (Fsp3) is 0.0714. The zero-order chi connectivity index (χ0) is 16.9. The van der Waals surface area contributed by atoms with Gasteiger partial charge >= 0.3 is 0 Å². The minimum atomic E-state index is -4.05. The van der Waals surface area contributed by atoms with Gasteiger partial charge in [-0.2, -0.15) is 8.42 Å². The Morgan fingerprint density at radius 2 is 1.74 bits per heavy atom. The molecule has 0 radical (unpaired) electrons. The maximum absolute atomic E-state index is 12.2. The SMILES string of the molecule is Cc1ccc(O/C(N=[N+]=[N-])=N\S(=O)(=O)c2ccc(Br)cc2)cc1. The van der Waals surface area contributed by atoms with Crippen LogP contribution >= 0.6 is 15.9 Å². The van der Waals surface area contributed by atoms with Gasteiger partial charge in [0.2, 0.25) is 0 Å². The second-order valence-corrected chi connectivity index (χ2v) is 6.93. The first-order valence-corrected chi connectivity index (χ1v) is 8.54. The van der Waals surface area contributed by atoms with E-state index in [2.05, 4.69) is 30.4 Å². The molecule has 9 heteroatoms. The second-order valence-electron chi connectivity index (χ2n) is 4.41. The van der Waals surface area contributed by atoms with Gasteiger partial charge in [0, 0.05) is 9.38 Å². The number of benzene rings is 2. The standard InChI is InChI=1S/C14H11BrN4O3S/c1-10-2-6-12(7-3-10)22-14(17-19-16)18-23(20,21)13-8-4-11(15)5-9-13/h2-9H,1H3/b18-14-. The highest BCUT2D eigenvalue weighted by atomic mass is 79.9. The first kappa shape index (κ1) is 17.0. The van der Waals surface area contributed by atoms with Crippen LogP contribution in [0.4, 0.5) is 0 Å². The number of hydrogen-bond acceptors (Lipinski definition) is 3. The van der Waals surface area contributed by atoms with Gasteiger partial charge in [-0.1, -0.05) is 33.6 Å². The molecular weight excluding hydrogens is 384 g/mol. The van der Waals surface area contributed by atoms with Gasteiger partial charge in [-0.15, -0.1) is 4.40 Å². The summed E-state index contributed by atoms with van der Waals surface area (Å²) in [5, 5.41) is 3.19. The fourth-order valence-electron chi connectivity index (χ4n) is 1.57. The molecule has 0 bridgehead atoms. The number of aryl methyl sites for hydroxylation is 1. The summed E-state index contributed by atoms with van der Waals surface area (Å²) in [6.45, 7) is 1.89. The summed E-state index contributed by atoms with van der Waals surface area (Å²) >= 11 is 3.22. The molecule has 0 saturated heterocycles. The zero-order valence-corrected chi connectivity index (χ0v) is 14.3. The lowest BCUT2D eigenvalue weighted by Gasteiger charge is -2.05. The van der Waals surface area contributed by atoms with Crippen molar-refractivity contribution in [1.29, 1.82) is 0 Å². The van der Waals surface area contributed by atoms with Crippen molar-refractivity contribution in [2.75, 3.05) is 0 Å². The minimum absolute atomic E-state index is 0.0427. The number of amidine groups is 1. The molecule has 0 N–H and O–H groups in total. The highest BCUT2D eigenvalue weighted by Crippen LogP contribution is 2.18. The molecule has 0 aliphatic rings. The maximum atomic E-state index is 12.2. The number of hydrogen-bond donors (Lipinski definition) is 0. The van der Waals surface area contributed by atoms with Crippen LogP contribution in [0.1, 0.15) is 5.56 Å². The molecule has 0 unspecified atom stereocenters. The van der Waals surface area contributed by atoms with Gasteiger partial charge in [0.15, 0.2) is 0 Å². The molecule has 0 heterocycles. The molecule has 23 heavy (non-hydrogen) atoms. The van der Waals surface area contributed by atoms with E-state index in [0.717, 1.165) is 10.0 Å². The van der Waals surface area contributed by atoms with Crippen LogP contribution in [-0.4, -0.2) is 14.4 Å². The molecule has 0 aliphatic carbocycles. The average Bonchev–Trinajstić information content (AvgIpc) is 2.50. The molecule has 0 fully saturated rings. The number of rotatable bonds is 3. The molecule has 118 valence electrons. The Bertz CT molecular complexity index is 871. The van der Waals surface area contributed by atoms with Crippen LogP contribution in [0.2, 0.25) is 0 Å². The summed E-state index contributed by atoms with van der Waals surface area (Å²) in [7, 11) is -4.05. The Morgan fingerprint density at radius 3 is 2.30 bits per heavy atom. The summed E-state index contributed by atoms with van der Waals surface area (Å²) in [6.07, 6.45) is 0. The van der Waals surface area contributed by atoms with Gasteiger partial charge in [0.25, 0.3) is 16.0 Å². The predicted octanol–water partition coefficient (Wildman–Crippen LogP) is 4.19. The molecule has 2 aromatic rings. The quantitative estimate of drug-likeness (QED) is 0.256. The fourth-order valence-corrected chi connectivity index (χ4v) is 2.70. The van der Waals surface area contributed by atoms with E-state index >= 15 is 0 Å². The summed E-state index contributed by atoms with van der Waals surface area (Å²) in [5.41, 5.74) is 9.56. The molecule has 0 saturated carbocycles. The number of halogens is 1. The lowest BCUT2D eigenvalue weighted by molar-refractivity contribution is 0.540. The van der Waals surface area contributed by atoms with Crippen LogP contribution in [0.5, 0.6) is 5.75 Å². The number of sulfonamides is 1.